The zero-order valence-corrected chi connectivity index (χ0v) is 8.21. The molecule has 0 atom stereocenters. The first-order chi connectivity index (χ1) is 5.65. The summed E-state index contributed by atoms with van der Waals surface area (Å²) in [5.41, 5.74) is 0. The molecule has 0 aliphatic rings. The molecule has 1 heterocycles. The number of hydrogen-bond acceptors (Lipinski definition) is 4. The van der Waals surface area contributed by atoms with Crippen molar-refractivity contribution in [3.8, 4) is 0 Å². The molecule has 0 fully saturated rings. The van der Waals surface area contributed by atoms with Crippen LogP contribution in [0, 0.1) is 4.77 Å². The summed E-state index contributed by atoms with van der Waals surface area (Å²) < 4.78 is 4.14. The van der Waals surface area contributed by atoms with Crippen molar-refractivity contribution < 1.29 is 4.84 Å². The third kappa shape index (κ3) is 1.90. The number of aryl methyl sites for hydroxylation is 1. The predicted octanol–water partition coefficient (Wildman–Crippen LogP) is 0.402. The monoisotopic (exact) mass is 188 g/mol. The first-order valence-electron chi connectivity index (χ1n) is 3.49. The fraction of sp³-hybridized carbons (Fsp3) is 0.667. The molecule has 0 aromatic carbocycles. The summed E-state index contributed by atoms with van der Waals surface area (Å²) in [7, 11) is 5.28. The number of hydroxylamine groups is 2. The minimum Gasteiger partial charge on any atom is -0.310 e. The molecule has 0 aliphatic heterocycles. The van der Waals surface area contributed by atoms with Gasteiger partial charge >= 0.3 is 0 Å². The zero-order chi connectivity index (χ0) is 9.14. The molecule has 1 aromatic rings. The highest BCUT2D eigenvalue weighted by atomic mass is 32.1. The number of rotatable bonds is 3. The molecule has 0 saturated carbocycles. The van der Waals surface area contributed by atoms with Gasteiger partial charge in [0, 0.05) is 14.1 Å². The molecular weight excluding hydrogens is 176 g/mol. The van der Waals surface area contributed by atoms with Crippen LogP contribution in [0.1, 0.15) is 0 Å². The van der Waals surface area contributed by atoms with E-state index in [0.29, 0.717) is 11.4 Å². The Kier molecular flexibility index (Phi) is 2.96. The lowest BCUT2D eigenvalue weighted by Gasteiger charge is -2.12. The van der Waals surface area contributed by atoms with Gasteiger partial charge in [-0.3, -0.25) is 0 Å². The average Bonchev–Trinajstić information content (AvgIpc) is 2.36. The van der Waals surface area contributed by atoms with E-state index in [1.807, 2.05) is 14.1 Å². The first kappa shape index (κ1) is 9.37. The Morgan fingerprint density at radius 3 is 2.83 bits per heavy atom. The molecule has 0 N–H and O–H groups in total. The van der Waals surface area contributed by atoms with Gasteiger partial charge in [-0.1, -0.05) is 0 Å². The molecule has 0 bridgehead atoms. The van der Waals surface area contributed by atoms with Gasteiger partial charge in [-0.15, -0.1) is 0 Å². The molecular formula is C6H12N4OS. The van der Waals surface area contributed by atoms with Gasteiger partial charge in [-0.25, -0.2) is 4.68 Å². The lowest BCUT2D eigenvalue weighted by atomic mass is 10.9. The Morgan fingerprint density at radius 2 is 2.42 bits per heavy atom. The summed E-state index contributed by atoms with van der Waals surface area (Å²) in [5.74, 6) is 0. The Balaban J connectivity index is 2.76. The van der Waals surface area contributed by atoms with E-state index in [1.54, 1.807) is 27.7 Å². The third-order valence-corrected chi connectivity index (χ3v) is 2.03. The summed E-state index contributed by atoms with van der Waals surface area (Å²) in [5, 5.41) is 5.70. The molecule has 12 heavy (non-hydrogen) atoms. The highest BCUT2D eigenvalue weighted by molar-refractivity contribution is 7.71. The van der Waals surface area contributed by atoms with Gasteiger partial charge < -0.3 is 9.40 Å². The van der Waals surface area contributed by atoms with Crippen molar-refractivity contribution in [3.63, 3.8) is 0 Å². The lowest BCUT2D eigenvalue weighted by Crippen LogP contribution is -2.21. The molecule has 0 aliphatic carbocycles. The van der Waals surface area contributed by atoms with Gasteiger partial charge in [0.05, 0.1) is 7.11 Å². The Labute approximate surface area is 76.1 Å². The zero-order valence-electron chi connectivity index (χ0n) is 7.39. The topological polar surface area (TPSA) is 35.2 Å². The molecule has 0 unspecified atom stereocenters. The van der Waals surface area contributed by atoms with Crippen LogP contribution in [0.15, 0.2) is 6.33 Å². The third-order valence-electron chi connectivity index (χ3n) is 1.53. The highest BCUT2D eigenvalue weighted by Crippen LogP contribution is 1.92. The maximum Gasteiger partial charge on any atom is 0.198 e. The Hall–Kier alpha value is -0.720. The van der Waals surface area contributed by atoms with Gasteiger partial charge in [-0.2, -0.15) is 10.2 Å². The van der Waals surface area contributed by atoms with Crippen LogP contribution in [0.3, 0.4) is 0 Å². The Morgan fingerprint density at radius 1 is 1.75 bits per heavy atom. The van der Waals surface area contributed by atoms with Crippen molar-refractivity contribution >= 4 is 12.2 Å². The van der Waals surface area contributed by atoms with Gasteiger partial charge in [0.2, 0.25) is 0 Å². The van der Waals surface area contributed by atoms with Crippen molar-refractivity contribution in [2.45, 2.75) is 6.67 Å². The second-order valence-corrected chi connectivity index (χ2v) is 2.84. The SMILES string of the molecule is CON(C)Cn1ncn(C)c1=S. The van der Waals surface area contributed by atoms with Gasteiger partial charge in [0.1, 0.15) is 13.0 Å². The van der Waals surface area contributed by atoms with Crippen LogP contribution in [0.25, 0.3) is 0 Å². The fourth-order valence-electron chi connectivity index (χ4n) is 0.764. The van der Waals surface area contributed by atoms with E-state index in [-0.39, 0.29) is 0 Å². The lowest BCUT2D eigenvalue weighted by molar-refractivity contribution is -0.134. The first-order valence-corrected chi connectivity index (χ1v) is 3.89. The minimum atomic E-state index is 0.538. The number of hydrogen-bond donors (Lipinski definition) is 0. The summed E-state index contributed by atoms with van der Waals surface area (Å²) in [6.45, 7) is 0.538. The van der Waals surface area contributed by atoms with E-state index < -0.39 is 0 Å². The summed E-state index contributed by atoms with van der Waals surface area (Å²) in [6, 6.07) is 0. The van der Waals surface area contributed by atoms with Crippen molar-refractivity contribution in [2.24, 2.45) is 7.05 Å². The molecule has 0 saturated heterocycles. The molecule has 0 spiro atoms. The van der Waals surface area contributed by atoms with E-state index >= 15 is 0 Å². The maximum absolute atomic E-state index is 5.07. The van der Waals surface area contributed by atoms with Crippen LogP contribution in [0.5, 0.6) is 0 Å². The molecule has 1 aromatic heterocycles. The summed E-state index contributed by atoms with van der Waals surface area (Å²) >= 11 is 5.07. The maximum atomic E-state index is 5.07. The number of aromatic nitrogens is 3. The normalized spacial score (nSPS) is 11.0. The molecule has 0 amide bonds. The van der Waals surface area contributed by atoms with E-state index in [4.69, 9.17) is 17.1 Å². The van der Waals surface area contributed by atoms with E-state index in [0.717, 1.165) is 0 Å². The van der Waals surface area contributed by atoms with E-state index in [2.05, 4.69) is 5.10 Å². The number of nitrogens with zero attached hydrogens (tertiary/aromatic N) is 4. The van der Waals surface area contributed by atoms with Crippen molar-refractivity contribution in [1.29, 1.82) is 0 Å². The molecule has 6 heteroatoms. The van der Waals surface area contributed by atoms with Crippen LogP contribution in [0.4, 0.5) is 0 Å². The highest BCUT2D eigenvalue weighted by Gasteiger charge is 2.00. The van der Waals surface area contributed by atoms with Crippen LogP contribution in [-0.4, -0.2) is 33.6 Å². The van der Waals surface area contributed by atoms with Crippen LogP contribution in [0.2, 0.25) is 0 Å². The van der Waals surface area contributed by atoms with E-state index in [1.165, 1.54) is 0 Å². The van der Waals surface area contributed by atoms with Crippen LogP contribution >= 0.6 is 12.2 Å². The quantitative estimate of drug-likeness (QED) is 0.508. The van der Waals surface area contributed by atoms with Crippen molar-refractivity contribution in [2.75, 3.05) is 14.2 Å². The Bertz CT molecular complexity index is 305. The predicted molar refractivity (Wildman–Crippen MR) is 46.8 cm³/mol. The standard InChI is InChI=1S/C6H12N4OS/c1-8-4-7-10(6(8)12)5-9(2)11-3/h4H,5H2,1-3H3. The minimum absolute atomic E-state index is 0.538. The van der Waals surface area contributed by atoms with Gasteiger partial charge in [0.25, 0.3) is 0 Å². The van der Waals surface area contributed by atoms with Gasteiger partial charge in [-0.05, 0) is 12.2 Å². The van der Waals surface area contributed by atoms with Crippen molar-refractivity contribution in [3.05, 3.63) is 11.1 Å². The van der Waals surface area contributed by atoms with Crippen LogP contribution in [-0.2, 0) is 18.6 Å². The molecule has 5 nitrogen and oxygen atoms in total. The fourth-order valence-corrected chi connectivity index (χ4v) is 0.916. The van der Waals surface area contributed by atoms with Crippen molar-refractivity contribution in [1.82, 2.24) is 19.4 Å². The smallest absolute Gasteiger partial charge is 0.198 e. The summed E-state index contributed by atoms with van der Waals surface area (Å²) in [6.07, 6.45) is 1.67. The molecule has 1 rings (SSSR count). The largest absolute Gasteiger partial charge is 0.310 e. The molecule has 68 valence electrons. The average molecular weight is 188 g/mol. The summed E-state index contributed by atoms with van der Waals surface area (Å²) in [4.78, 5) is 4.94. The van der Waals surface area contributed by atoms with Crippen LogP contribution < -0.4 is 0 Å². The second-order valence-electron chi connectivity index (χ2n) is 2.48. The van der Waals surface area contributed by atoms with Gasteiger partial charge in [0.15, 0.2) is 4.77 Å². The second kappa shape index (κ2) is 3.79. The van der Waals surface area contributed by atoms with E-state index in [9.17, 15) is 0 Å². The molecule has 0 radical (unpaired) electrons.